The number of nitrogens with zero attached hydrogens (tertiary/aromatic N) is 1. The molecule has 2 heterocycles. The molecule has 0 N–H and O–H groups in total. The summed E-state index contributed by atoms with van der Waals surface area (Å²) in [7, 11) is 0. The molecule has 0 bridgehead atoms. The van der Waals surface area contributed by atoms with Crippen molar-refractivity contribution in [3.8, 4) is 5.75 Å². The Labute approximate surface area is 162 Å². The van der Waals surface area contributed by atoms with Gasteiger partial charge in [-0.25, -0.2) is 4.79 Å². The minimum absolute atomic E-state index is 0.207. The lowest BCUT2D eigenvalue weighted by molar-refractivity contribution is 0.0969. The average molecular weight is 382 g/mol. The van der Waals surface area contributed by atoms with E-state index in [1.165, 1.54) is 5.56 Å². The molecule has 5 heteroatoms. The monoisotopic (exact) mass is 381 g/mol. The number of halogens is 1. The molecule has 0 atom stereocenters. The van der Waals surface area contributed by atoms with Crippen LogP contribution in [0.2, 0.25) is 5.02 Å². The SMILES string of the molecule is O=c1oc2c3c(c(Cl)cc2c2c1CCC2)OCN(CCc1ccccc1)C3. The Hall–Kier alpha value is -2.30. The van der Waals surface area contributed by atoms with Crippen LogP contribution in [0.3, 0.4) is 0 Å². The van der Waals surface area contributed by atoms with Crippen molar-refractivity contribution in [2.75, 3.05) is 13.3 Å². The molecule has 2 aliphatic rings. The van der Waals surface area contributed by atoms with Crippen molar-refractivity contribution in [1.82, 2.24) is 4.90 Å². The summed E-state index contributed by atoms with van der Waals surface area (Å²) in [6.45, 7) is 2.02. The number of benzene rings is 2. The Bertz CT molecular complexity index is 1070. The van der Waals surface area contributed by atoms with E-state index < -0.39 is 0 Å². The zero-order valence-electron chi connectivity index (χ0n) is 15.0. The van der Waals surface area contributed by atoms with Gasteiger partial charge in [0.05, 0.1) is 10.6 Å². The van der Waals surface area contributed by atoms with Gasteiger partial charge in [-0.15, -0.1) is 0 Å². The van der Waals surface area contributed by atoms with Crippen LogP contribution in [0.4, 0.5) is 0 Å². The molecular formula is C22H20ClNO3. The van der Waals surface area contributed by atoms with Gasteiger partial charge in [0.15, 0.2) is 0 Å². The third kappa shape index (κ3) is 2.93. The number of fused-ring (bicyclic) bond motifs is 5. The van der Waals surface area contributed by atoms with Crippen molar-refractivity contribution in [2.45, 2.75) is 32.2 Å². The maximum absolute atomic E-state index is 12.4. The summed E-state index contributed by atoms with van der Waals surface area (Å²) in [6.07, 6.45) is 3.64. The zero-order chi connectivity index (χ0) is 18.4. The van der Waals surface area contributed by atoms with Gasteiger partial charge in [0.2, 0.25) is 0 Å². The van der Waals surface area contributed by atoms with E-state index in [1.54, 1.807) is 0 Å². The molecule has 0 unspecified atom stereocenters. The van der Waals surface area contributed by atoms with E-state index in [9.17, 15) is 4.79 Å². The summed E-state index contributed by atoms with van der Waals surface area (Å²) in [5.74, 6) is 0.654. The van der Waals surface area contributed by atoms with Crippen molar-refractivity contribution in [3.63, 3.8) is 0 Å². The molecule has 1 aliphatic carbocycles. The Morgan fingerprint density at radius 3 is 2.74 bits per heavy atom. The fourth-order valence-corrected chi connectivity index (χ4v) is 4.51. The number of hydrogen-bond acceptors (Lipinski definition) is 4. The Kier molecular flexibility index (Phi) is 4.18. The van der Waals surface area contributed by atoms with E-state index in [4.69, 9.17) is 20.8 Å². The molecule has 27 heavy (non-hydrogen) atoms. The first-order chi connectivity index (χ1) is 13.2. The minimum Gasteiger partial charge on any atom is -0.476 e. The molecule has 4 nitrogen and oxygen atoms in total. The number of rotatable bonds is 3. The lowest BCUT2D eigenvalue weighted by Crippen LogP contribution is -2.34. The molecule has 2 aromatic carbocycles. The second-order valence-electron chi connectivity index (χ2n) is 7.30. The Morgan fingerprint density at radius 2 is 1.89 bits per heavy atom. The van der Waals surface area contributed by atoms with E-state index in [0.717, 1.165) is 54.3 Å². The highest BCUT2D eigenvalue weighted by Gasteiger charge is 2.27. The number of ether oxygens (including phenoxy) is 1. The van der Waals surface area contributed by atoms with Crippen molar-refractivity contribution in [1.29, 1.82) is 0 Å². The predicted molar refractivity (Wildman–Crippen MR) is 106 cm³/mol. The van der Waals surface area contributed by atoms with Crippen LogP contribution in [0.5, 0.6) is 5.75 Å². The third-order valence-corrected chi connectivity index (χ3v) is 5.88. The molecule has 5 rings (SSSR count). The summed E-state index contributed by atoms with van der Waals surface area (Å²) in [4.78, 5) is 14.7. The van der Waals surface area contributed by atoms with Crippen LogP contribution in [0.15, 0.2) is 45.6 Å². The Balaban J connectivity index is 1.51. The van der Waals surface area contributed by atoms with Gasteiger partial charge in [0.1, 0.15) is 18.1 Å². The van der Waals surface area contributed by atoms with Crippen LogP contribution >= 0.6 is 11.6 Å². The van der Waals surface area contributed by atoms with Crippen LogP contribution in [-0.4, -0.2) is 18.2 Å². The molecular weight excluding hydrogens is 362 g/mol. The molecule has 0 saturated carbocycles. The fourth-order valence-electron chi connectivity index (χ4n) is 4.23. The van der Waals surface area contributed by atoms with Crippen LogP contribution in [0.25, 0.3) is 11.0 Å². The first-order valence-electron chi connectivity index (χ1n) is 9.40. The topological polar surface area (TPSA) is 42.7 Å². The first-order valence-corrected chi connectivity index (χ1v) is 9.77. The van der Waals surface area contributed by atoms with Crippen molar-refractivity contribution >= 4 is 22.6 Å². The van der Waals surface area contributed by atoms with E-state index in [0.29, 0.717) is 29.6 Å². The summed E-state index contributed by atoms with van der Waals surface area (Å²) in [5, 5.41) is 1.57. The molecule has 0 radical (unpaired) electrons. The molecule has 1 aromatic heterocycles. The van der Waals surface area contributed by atoms with Gasteiger partial charge in [0.25, 0.3) is 0 Å². The second kappa shape index (κ2) is 6.70. The van der Waals surface area contributed by atoms with Crippen LogP contribution < -0.4 is 10.4 Å². The van der Waals surface area contributed by atoms with Gasteiger partial charge in [0, 0.05) is 24.0 Å². The minimum atomic E-state index is -0.207. The molecule has 0 amide bonds. The zero-order valence-corrected chi connectivity index (χ0v) is 15.7. The average Bonchev–Trinajstić information content (AvgIpc) is 3.19. The highest BCUT2D eigenvalue weighted by atomic mass is 35.5. The molecule has 3 aromatic rings. The summed E-state index contributed by atoms with van der Waals surface area (Å²) >= 11 is 6.52. The van der Waals surface area contributed by atoms with E-state index >= 15 is 0 Å². The van der Waals surface area contributed by atoms with Crippen molar-refractivity contribution < 1.29 is 9.15 Å². The van der Waals surface area contributed by atoms with E-state index in [2.05, 4.69) is 29.2 Å². The molecule has 1 aliphatic heterocycles. The lowest BCUT2D eigenvalue weighted by atomic mass is 10.0. The summed E-state index contributed by atoms with van der Waals surface area (Å²) in [5.41, 5.74) is 4.54. The normalized spacial score (nSPS) is 16.2. The highest BCUT2D eigenvalue weighted by Crippen LogP contribution is 2.41. The van der Waals surface area contributed by atoms with Crippen molar-refractivity contribution in [2.24, 2.45) is 0 Å². The van der Waals surface area contributed by atoms with Gasteiger partial charge in [-0.1, -0.05) is 41.9 Å². The van der Waals surface area contributed by atoms with Crippen LogP contribution in [0, 0.1) is 0 Å². The molecule has 138 valence electrons. The van der Waals surface area contributed by atoms with Crippen LogP contribution in [0.1, 0.15) is 28.7 Å². The van der Waals surface area contributed by atoms with Gasteiger partial charge < -0.3 is 9.15 Å². The second-order valence-corrected chi connectivity index (χ2v) is 7.71. The first kappa shape index (κ1) is 16.8. The summed E-state index contributed by atoms with van der Waals surface area (Å²) < 4.78 is 11.7. The number of aryl methyl sites for hydroxylation is 1. The van der Waals surface area contributed by atoms with Gasteiger partial charge in [-0.3, -0.25) is 4.90 Å². The largest absolute Gasteiger partial charge is 0.476 e. The quantitative estimate of drug-likeness (QED) is 0.633. The smallest absolute Gasteiger partial charge is 0.339 e. The predicted octanol–water partition coefficient (Wildman–Crippen LogP) is 4.33. The fraction of sp³-hybridized carbons (Fsp3) is 0.318. The van der Waals surface area contributed by atoms with Crippen molar-refractivity contribution in [3.05, 3.63) is 74.1 Å². The Morgan fingerprint density at radius 1 is 1.07 bits per heavy atom. The standard InChI is InChI=1S/C22H20ClNO3/c23-19-11-17-15-7-4-8-16(15)22(25)27-20(17)18-12-24(13-26-21(18)19)10-9-14-5-2-1-3-6-14/h1-3,5-6,11H,4,7-10,12-13H2. The van der Waals surface area contributed by atoms with Gasteiger partial charge in [-0.05, 0) is 42.9 Å². The maximum atomic E-state index is 12.4. The van der Waals surface area contributed by atoms with Crippen LogP contribution in [-0.2, 0) is 25.8 Å². The van der Waals surface area contributed by atoms with E-state index in [1.807, 2.05) is 12.1 Å². The lowest BCUT2D eigenvalue weighted by Gasteiger charge is -2.30. The molecule has 0 spiro atoms. The molecule has 0 fully saturated rings. The van der Waals surface area contributed by atoms with Gasteiger partial charge >= 0.3 is 5.63 Å². The number of hydrogen-bond donors (Lipinski definition) is 0. The highest BCUT2D eigenvalue weighted by molar-refractivity contribution is 6.33. The summed E-state index contributed by atoms with van der Waals surface area (Å²) in [6, 6.07) is 12.3. The van der Waals surface area contributed by atoms with E-state index in [-0.39, 0.29) is 5.63 Å². The molecule has 0 saturated heterocycles. The maximum Gasteiger partial charge on any atom is 0.339 e. The van der Waals surface area contributed by atoms with Gasteiger partial charge in [-0.2, -0.15) is 0 Å². The third-order valence-electron chi connectivity index (χ3n) is 5.60.